The van der Waals surface area contributed by atoms with Gasteiger partial charge in [0.1, 0.15) is 0 Å². The van der Waals surface area contributed by atoms with Crippen molar-refractivity contribution in [3.63, 3.8) is 0 Å². The van der Waals surface area contributed by atoms with Crippen LogP contribution in [0, 0.1) is 0 Å². The Kier molecular flexibility index (Phi) is 3.81. The first kappa shape index (κ1) is 12.5. The molecule has 1 aromatic carbocycles. The Bertz CT molecular complexity index is 454. The molecule has 5 heteroatoms. The highest BCUT2D eigenvalue weighted by Crippen LogP contribution is 2.31. The predicted molar refractivity (Wildman–Crippen MR) is 65.9 cm³/mol. The fourth-order valence-electron chi connectivity index (χ4n) is 1.77. The van der Waals surface area contributed by atoms with Crippen LogP contribution in [0.15, 0.2) is 30.3 Å². The second-order valence-electron chi connectivity index (χ2n) is 4.29. The van der Waals surface area contributed by atoms with Crippen molar-refractivity contribution in [3.05, 3.63) is 35.9 Å². The molecule has 0 spiro atoms. The summed E-state index contributed by atoms with van der Waals surface area (Å²) in [4.78, 5) is 0. The smallest absolute Gasteiger partial charge is 0.217 e. The maximum Gasteiger partial charge on any atom is 0.217 e. The lowest BCUT2D eigenvalue weighted by molar-refractivity contribution is 0.251. The lowest BCUT2D eigenvalue weighted by atomic mass is 10.2. The Morgan fingerprint density at radius 1 is 1.24 bits per heavy atom. The highest BCUT2D eigenvalue weighted by Gasteiger charge is 2.39. The van der Waals surface area contributed by atoms with Crippen molar-refractivity contribution >= 4 is 10.0 Å². The van der Waals surface area contributed by atoms with E-state index in [0.717, 1.165) is 18.4 Å². The van der Waals surface area contributed by atoms with Crippen molar-refractivity contribution in [3.8, 4) is 0 Å². The van der Waals surface area contributed by atoms with Crippen LogP contribution in [-0.4, -0.2) is 36.2 Å². The molecule has 0 amide bonds. The van der Waals surface area contributed by atoms with Crippen LogP contribution >= 0.6 is 0 Å². The van der Waals surface area contributed by atoms with Gasteiger partial charge < -0.3 is 5.11 Å². The van der Waals surface area contributed by atoms with Crippen LogP contribution in [-0.2, 0) is 16.6 Å². The van der Waals surface area contributed by atoms with Gasteiger partial charge in [0, 0.05) is 13.1 Å². The minimum atomic E-state index is -3.21. The van der Waals surface area contributed by atoms with Crippen molar-refractivity contribution in [2.75, 3.05) is 13.2 Å². The standard InChI is InChI=1S/C12H17NO3S/c14-9-8-13(17(15,16)12-6-7-12)10-11-4-2-1-3-5-11/h1-5,12,14H,6-10H2. The molecular weight excluding hydrogens is 238 g/mol. The first-order chi connectivity index (χ1) is 8.14. The van der Waals surface area contributed by atoms with E-state index in [1.807, 2.05) is 30.3 Å². The van der Waals surface area contributed by atoms with Gasteiger partial charge in [-0.05, 0) is 18.4 Å². The first-order valence-corrected chi connectivity index (χ1v) is 7.28. The quantitative estimate of drug-likeness (QED) is 0.824. The molecule has 1 aliphatic rings. The van der Waals surface area contributed by atoms with E-state index in [9.17, 15) is 8.42 Å². The van der Waals surface area contributed by atoms with Crippen LogP contribution in [0.4, 0.5) is 0 Å². The van der Waals surface area contributed by atoms with E-state index in [0.29, 0.717) is 6.54 Å². The summed E-state index contributed by atoms with van der Waals surface area (Å²) < 4.78 is 25.6. The summed E-state index contributed by atoms with van der Waals surface area (Å²) >= 11 is 0. The Hall–Kier alpha value is -0.910. The molecular formula is C12H17NO3S. The summed E-state index contributed by atoms with van der Waals surface area (Å²) in [7, 11) is -3.21. The average molecular weight is 255 g/mol. The Morgan fingerprint density at radius 2 is 1.88 bits per heavy atom. The van der Waals surface area contributed by atoms with Gasteiger partial charge in [0.15, 0.2) is 0 Å². The van der Waals surface area contributed by atoms with E-state index < -0.39 is 10.0 Å². The first-order valence-electron chi connectivity index (χ1n) is 5.78. The van der Waals surface area contributed by atoms with E-state index in [1.165, 1.54) is 4.31 Å². The van der Waals surface area contributed by atoms with E-state index >= 15 is 0 Å². The largest absolute Gasteiger partial charge is 0.395 e. The van der Waals surface area contributed by atoms with Crippen LogP contribution < -0.4 is 0 Å². The second-order valence-corrected chi connectivity index (χ2v) is 6.50. The number of nitrogens with zero attached hydrogens (tertiary/aromatic N) is 1. The molecule has 2 rings (SSSR count). The van der Waals surface area contributed by atoms with E-state index in [-0.39, 0.29) is 18.4 Å². The Labute approximate surface area is 102 Å². The summed E-state index contributed by atoms with van der Waals surface area (Å²) in [6, 6.07) is 9.46. The molecule has 0 heterocycles. The summed E-state index contributed by atoms with van der Waals surface area (Å²) in [6.45, 7) is 0.382. The van der Waals surface area contributed by atoms with E-state index in [2.05, 4.69) is 0 Å². The topological polar surface area (TPSA) is 57.6 Å². The summed E-state index contributed by atoms with van der Waals surface area (Å²) in [5.41, 5.74) is 0.949. The molecule has 0 aliphatic heterocycles. The molecule has 1 aliphatic carbocycles. The van der Waals surface area contributed by atoms with Crippen molar-refractivity contribution in [2.24, 2.45) is 0 Å². The molecule has 4 nitrogen and oxygen atoms in total. The lowest BCUT2D eigenvalue weighted by Crippen LogP contribution is -2.35. The Balaban J connectivity index is 2.12. The van der Waals surface area contributed by atoms with Gasteiger partial charge in [0.2, 0.25) is 10.0 Å². The molecule has 1 N–H and O–H groups in total. The normalized spacial score (nSPS) is 16.4. The Morgan fingerprint density at radius 3 is 2.41 bits per heavy atom. The molecule has 1 fully saturated rings. The zero-order chi connectivity index (χ0) is 12.3. The van der Waals surface area contributed by atoms with Crippen LogP contribution in [0.1, 0.15) is 18.4 Å². The van der Waals surface area contributed by atoms with Crippen LogP contribution in [0.25, 0.3) is 0 Å². The number of rotatable bonds is 6. The highest BCUT2D eigenvalue weighted by atomic mass is 32.2. The maximum absolute atomic E-state index is 12.1. The lowest BCUT2D eigenvalue weighted by Gasteiger charge is -2.21. The molecule has 0 saturated heterocycles. The number of benzene rings is 1. The van der Waals surface area contributed by atoms with Crippen molar-refractivity contribution in [2.45, 2.75) is 24.6 Å². The third-order valence-corrected chi connectivity index (χ3v) is 5.20. The number of sulfonamides is 1. The molecule has 0 aromatic heterocycles. The number of aliphatic hydroxyl groups is 1. The molecule has 0 atom stereocenters. The molecule has 0 bridgehead atoms. The zero-order valence-corrected chi connectivity index (χ0v) is 10.4. The van der Waals surface area contributed by atoms with E-state index in [4.69, 9.17) is 5.11 Å². The van der Waals surface area contributed by atoms with Crippen molar-refractivity contribution in [1.82, 2.24) is 4.31 Å². The number of hydrogen-bond acceptors (Lipinski definition) is 3. The van der Waals surface area contributed by atoms with Gasteiger partial charge in [-0.25, -0.2) is 8.42 Å². The predicted octanol–water partition coefficient (Wildman–Crippen LogP) is 0.973. The summed E-state index contributed by atoms with van der Waals surface area (Å²) in [5.74, 6) is 0. The molecule has 17 heavy (non-hydrogen) atoms. The van der Waals surface area contributed by atoms with Gasteiger partial charge >= 0.3 is 0 Å². The van der Waals surface area contributed by atoms with Gasteiger partial charge in [-0.3, -0.25) is 0 Å². The van der Waals surface area contributed by atoms with Gasteiger partial charge in [0.05, 0.1) is 11.9 Å². The minimum Gasteiger partial charge on any atom is -0.395 e. The minimum absolute atomic E-state index is 0.140. The monoisotopic (exact) mass is 255 g/mol. The van der Waals surface area contributed by atoms with Gasteiger partial charge in [0.25, 0.3) is 0 Å². The van der Waals surface area contributed by atoms with Gasteiger partial charge in [-0.2, -0.15) is 4.31 Å². The van der Waals surface area contributed by atoms with Gasteiger partial charge in [-0.15, -0.1) is 0 Å². The SMILES string of the molecule is O=S(=O)(C1CC1)N(CCO)Cc1ccccc1. The third-order valence-electron chi connectivity index (χ3n) is 2.86. The van der Waals surface area contributed by atoms with Crippen LogP contribution in [0.5, 0.6) is 0 Å². The molecule has 94 valence electrons. The fraction of sp³-hybridized carbons (Fsp3) is 0.500. The zero-order valence-electron chi connectivity index (χ0n) is 9.62. The van der Waals surface area contributed by atoms with Crippen LogP contribution in [0.2, 0.25) is 0 Å². The average Bonchev–Trinajstić information content (AvgIpc) is 3.14. The second kappa shape index (κ2) is 5.16. The summed E-state index contributed by atoms with van der Waals surface area (Å²) in [6.07, 6.45) is 1.50. The number of hydrogen-bond donors (Lipinski definition) is 1. The number of aliphatic hydroxyl groups excluding tert-OH is 1. The van der Waals surface area contributed by atoms with Gasteiger partial charge in [-0.1, -0.05) is 30.3 Å². The fourth-order valence-corrected chi connectivity index (χ4v) is 3.59. The van der Waals surface area contributed by atoms with Crippen molar-refractivity contribution < 1.29 is 13.5 Å². The van der Waals surface area contributed by atoms with Crippen LogP contribution in [0.3, 0.4) is 0 Å². The molecule has 0 radical (unpaired) electrons. The molecule has 1 saturated carbocycles. The molecule has 1 aromatic rings. The molecule has 0 unspecified atom stereocenters. The maximum atomic E-state index is 12.1. The van der Waals surface area contributed by atoms with E-state index in [1.54, 1.807) is 0 Å². The summed E-state index contributed by atoms with van der Waals surface area (Å²) in [5, 5.41) is 8.75. The van der Waals surface area contributed by atoms with Crippen molar-refractivity contribution in [1.29, 1.82) is 0 Å². The highest BCUT2D eigenvalue weighted by molar-refractivity contribution is 7.90. The third kappa shape index (κ3) is 3.06.